The summed E-state index contributed by atoms with van der Waals surface area (Å²) in [4.78, 5) is 25.9. The molecule has 1 unspecified atom stereocenters. The van der Waals surface area contributed by atoms with Gasteiger partial charge in [-0.2, -0.15) is 5.10 Å². The SMILES string of the molecule is CCc1cc(C(=O)NCC2CCN(c3cnn(C)c(=O)c3)C2)no1. The van der Waals surface area contributed by atoms with E-state index in [9.17, 15) is 9.59 Å². The lowest BCUT2D eigenvalue weighted by Crippen LogP contribution is -2.31. The first kappa shape index (κ1) is 16.2. The molecule has 1 N–H and O–H groups in total. The molecule has 1 atom stereocenters. The molecular formula is C16H21N5O3. The van der Waals surface area contributed by atoms with Gasteiger partial charge in [0.05, 0.1) is 11.9 Å². The quantitative estimate of drug-likeness (QED) is 0.862. The average Bonchev–Trinajstić information content (AvgIpc) is 3.24. The number of aromatic nitrogens is 3. The third-order valence-corrected chi connectivity index (χ3v) is 4.30. The number of anilines is 1. The molecule has 0 aliphatic carbocycles. The van der Waals surface area contributed by atoms with E-state index in [1.165, 1.54) is 4.68 Å². The first-order valence-electron chi connectivity index (χ1n) is 8.09. The topological polar surface area (TPSA) is 93.3 Å². The highest BCUT2D eigenvalue weighted by molar-refractivity contribution is 5.92. The molecule has 128 valence electrons. The van der Waals surface area contributed by atoms with Crippen LogP contribution in [0.15, 0.2) is 27.6 Å². The normalized spacial score (nSPS) is 17.2. The number of nitrogens with zero attached hydrogens (tertiary/aromatic N) is 4. The first-order chi connectivity index (χ1) is 11.6. The van der Waals surface area contributed by atoms with Crippen molar-refractivity contribution in [3.8, 4) is 0 Å². The molecule has 2 aromatic heterocycles. The summed E-state index contributed by atoms with van der Waals surface area (Å²) in [6.07, 6.45) is 3.36. The minimum Gasteiger partial charge on any atom is -0.370 e. The second kappa shape index (κ2) is 6.86. The summed E-state index contributed by atoms with van der Waals surface area (Å²) in [6.45, 7) is 4.15. The van der Waals surface area contributed by atoms with Crippen LogP contribution >= 0.6 is 0 Å². The summed E-state index contributed by atoms with van der Waals surface area (Å²) < 4.78 is 6.35. The average molecular weight is 331 g/mol. The number of amides is 1. The van der Waals surface area contributed by atoms with Crippen LogP contribution in [0.25, 0.3) is 0 Å². The van der Waals surface area contributed by atoms with E-state index in [-0.39, 0.29) is 11.5 Å². The Morgan fingerprint density at radius 3 is 3.00 bits per heavy atom. The van der Waals surface area contributed by atoms with Crippen LogP contribution in [0.3, 0.4) is 0 Å². The molecule has 1 aliphatic rings. The van der Waals surface area contributed by atoms with Gasteiger partial charge >= 0.3 is 0 Å². The molecule has 3 rings (SSSR count). The van der Waals surface area contributed by atoms with Crippen molar-refractivity contribution in [1.82, 2.24) is 20.3 Å². The van der Waals surface area contributed by atoms with Crippen molar-refractivity contribution >= 4 is 11.6 Å². The maximum atomic E-state index is 12.1. The Balaban J connectivity index is 1.53. The highest BCUT2D eigenvalue weighted by Crippen LogP contribution is 2.21. The molecule has 1 fully saturated rings. The molecule has 0 bridgehead atoms. The van der Waals surface area contributed by atoms with Gasteiger partial charge in [-0.15, -0.1) is 0 Å². The van der Waals surface area contributed by atoms with Gasteiger partial charge in [0, 0.05) is 45.2 Å². The van der Waals surface area contributed by atoms with Crippen LogP contribution in [0.5, 0.6) is 0 Å². The van der Waals surface area contributed by atoms with Crippen LogP contribution in [0.4, 0.5) is 5.69 Å². The van der Waals surface area contributed by atoms with Gasteiger partial charge in [-0.1, -0.05) is 12.1 Å². The summed E-state index contributed by atoms with van der Waals surface area (Å²) in [5, 5.41) is 10.7. The summed E-state index contributed by atoms with van der Waals surface area (Å²) in [5.41, 5.74) is 1.02. The van der Waals surface area contributed by atoms with Gasteiger partial charge in [-0.3, -0.25) is 9.59 Å². The number of aryl methyl sites for hydroxylation is 2. The molecule has 2 aromatic rings. The fourth-order valence-electron chi connectivity index (χ4n) is 2.78. The zero-order chi connectivity index (χ0) is 17.1. The van der Waals surface area contributed by atoms with Crippen LogP contribution in [0.2, 0.25) is 0 Å². The molecule has 1 saturated heterocycles. The van der Waals surface area contributed by atoms with Crippen molar-refractivity contribution < 1.29 is 9.32 Å². The van der Waals surface area contributed by atoms with E-state index in [1.54, 1.807) is 25.4 Å². The molecular weight excluding hydrogens is 310 g/mol. The van der Waals surface area contributed by atoms with Crippen LogP contribution in [-0.4, -0.2) is 40.5 Å². The predicted octanol–water partition coefficient (Wildman–Crippen LogP) is 0.587. The Labute approximate surface area is 139 Å². The first-order valence-corrected chi connectivity index (χ1v) is 8.09. The Kier molecular flexibility index (Phi) is 4.64. The van der Waals surface area contributed by atoms with E-state index < -0.39 is 0 Å². The van der Waals surface area contributed by atoms with Crippen molar-refractivity contribution in [2.75, 3.05) is 24.5 Å². The minimum atomic E-state index is -0.216. The van der Waals surface area contributed by atoms with Crippen molar-refractivity contribution in [3.63, 3.8) is 0 Å². The Bertz CT molecular complexity index is 782. The maximum Gasteiger partial charge on any atom is 0.273 e. The van der Waals surface area contributed by atoms with Gasteiger partial charge in [-0.25, -0.2) is 4.68 Å². The zero-order valence-corrected chi connectivity index (χ0v) is 13.9. The standard InChI is InChI=1S/C16H21N5O3/c1-3-13-7-14(19-24-13)16(23)17-8-11-4-5-21(10-11)12-6-15(22)20(2)18-9-12/h6-7,9,11H,3-5,8,10H2,1-2H3,(H,17,23). The Morgan fingerprint density at radius 2 is 2.29 bits per heavy atom. The lowest BCUT2D eigenvalue weighted by molar-refractivity contribution is 0.0939. The van der Waals surface area contributed by atoms with Gasteiger partial charge in [-0.05, 0) is 12.3 Å². The van der Waals surface area contributed by atoms with Gasteiger partial charge in [0.15, 0.2) is 5.69 Å². The van der Waals surface area contributed by atoms with E-state index in [4.69, 9.17) is 4.52 Å². The van der Waals surface area contributed by atoms with Gasteiger partial charge in [0.1, 0.15) is 5.76 Å². The van der Waals surface area contributed by atoms with E-state index >= 15 is 0 Å². The summed E-state index contributed by atoms with van der Waals surface area (Å²) in [7, 11) is 1.63. The fourth-order valence-corrected chi connectivity index (χ4v) is 2.78. The number of hydrogen-bond acceptors (Lipinski definition) is 6. The number of rotatable bonds is 5. The van der Waals surface area contributed by atoms with Gasteiger partial charge in [0.25, 0.3) is 11.5 Å². The lowest BCUT2D eigenvalue weighted by atomic mass is 10.1. The van der Waals surface area contributed by atoms with Crippen LogP contribution in [0, 0.1) is 5.92 Å². The highest BCUT2D eigenvalue weighted by Gasteiger charge is 2.24. The Hall–Kier alpha value is -2.64. The minimum absolute atomic E-state index is 0.123. The van der Waals surface area contributed by atoms with E-state index in [2.05, 4.69) is 20.5 Å². The smallest absolute Gasteiger partial charge is 0.273 e. The zero-order valence-electron chi connectivity index (χ0n) is 13.9. The summed E-state index contributed by atoms with van der Waals surface area (Å²) >= 11 is 0. The third kappa shape index (κ3) is 3.47. The van der Waals surface area contributed by atoms with Crippen molar-refractivity contribution in [1.29, 1.82) is 0 Å². The monoisotopic (exact) mass is 331 g/mol. The fraction of sp³-hybridized carbons (Fsp3) is 0.500. The largest absolute Gasteiger partial charge is 0.370 e. The van der Waals surface area contributed by atoms with Crippen LogP contribution in [0.1, 0.15) is 29.6 Å². The Morgan fingerprint density at radius 1 is 1.46 bits per heavy atom. The number of nitrogens with one attached hydrogen (secondary N) is 1. The molecule has 0 spiro atoms. The summed E-state index contributed by atoms with van der Waals surface area (Å²) in [5.74, 6) is 0.813. The molecule has 0 radical (unpaired) electrons. The number of carbonyl (C=O) groups excluding carboxylic acids is 1. The molecule has 0 saturated carbocycles. The van der Waals surface area contributed by atoms with Crippen molar-refractivity contribution in [2.24, 2.45) is 13.0 Å². The molecule has 24 heavy (non-hydrogen) atoms. The molecule has 1 aliphatic heterocycles. The second-order valence-corrected chi connectivity index (χ2v) is 6.02. The molecule has 0 aromatic carbocycles. The van der Waals surface area contributed by atoms with Crippen LogP contribution < -0.4 is 15.8 Å². The molecule has 8 nitrogen and oxygen atoms in total. The maximum absolute atomic E-state index is 12.1. The van der Waals surface area contributed by atoms with E-state index in [0.717, 1.165) is 25.2 Å². The van der Waals surface area contributed by atoms with Crippen molar-refractivity contribution in [3.05, 3.63) is 40.1 Å². The number of hydrogen-bond donors (Lipinski definition) is 1. The third-order valence-electron chi connectivity index (χ3n) is 4.30. The van der Waals surface area contributed by atoms with E-state index in [1.807, 2.05) is 6.92 Å². The van der Waals surface area contributed by atoms with E-state index in [0.29, 0.717) is 30.3 Å². The summed E-state index contributed by atoms with van der Waals surface area (Å²) in [6, 6.07) is 3.26. The lowest BCUT2D eigenvalue weighted by Gasteiger charge is -2.18. The van der Waals surface area contributed by atoms with Crippen LogP contribution in [-0.2, 0) is 13.5 Å². The predicted molar refractivity (Wildman–Crippen MR) is 88.0 cm³/mol. The molecule has 1 amide bonds. The van der Waals surface area contributed by atoms with Gasteiger partial charge in [0.2, 0.25) is 0 Å². The van der Waals surface area contributed by atoms with Gasteiger partial charge < -0.3 is 14.7 Å². The molecule has 3 heterocycles. The number of carbonyl (C=O) groups is 1. The second-order valence-electron chi connectivity index (χ2n) is 6.02. The highest BCUT2D eigenvalue weighted by atomic mass is 16.5. The van der Waals surface area contributed by atoms with Crippen molar-refractivity contribution in [2.45, 2.75) is 19.8 Å². The molecule has 8 heteroatoms.